The largest absolute Gasteiger partial charge is 0.351 e. The second-order valence-electron chi connectivity index (χ2n) is 7.39. The van der Waals surface area contributed by atoms with Gasteiger partial charge in [0, 0.05) is 34.3 Å². The van der Waals surface area contributed by atoms with E-state index in [0.717, 1.165) is 17.1 Å². The first-order chi connectivity index (χ1) is 15.2. The number of nitrogens with one attached hydrogen (secondary N) is 2. The third-order valence-electron chi connectivity index (χ3n) is 4.76. The molecule has 168 valence electrons. The number of hydrogen-bond acceptors (Lipinski definition) is 4. The smallest absolute Gasteiger partial charge is 0.262 e. The molecule has 1 amide bonds. The number of rotatable bonds is 9. The molecule has 2 N–H and O–H groups in total. The average molecular weight is 489 g/mol. The highest BCUT2D eigenvalue weighted by Gasteiger charge is 2.19. The minimum absolute atomic E-state index is 0.0860. The van der Waals surface area contributed by atoms with Crippen LogP contribution in [-0.4, -0.2) is 26.6 Å². The summed E-state index contributed by atoms with van der Waals surface area (Å²) in [5.74, 6) is 1.26. The number of benzene rings is 3. The maximum atomic E-state index is 12.9. The molecule has 0 unspecified atom stereocenters. The fraction of sp³-hybridized carbons (Fsp3) is 0.208. The second kappa shape index (κ2) is 10.9. The Morgan fingerprint density at radius 1 is 0.969 bits per heavy atom. The Labute approximate surface area is 198 Å². The zero-order chi connectivity index (χ0) is 23.1. The third-order valence-corrected chi connectivity index (χ3v) is 7.56. The summed E-state index contributed by atoms with van der Waals surface area (Å²) in [6.07, 6.45) is 0. The van der Waals surface area contributed by atoms with Gasteiger partial charge in [0.2, 0.25) is 0 Å². The number of carbonyl (C=O) groups is 1. The first-order valence-electron chi connectivity index (χ1n) is 10.0. The Bertz CT molecular complexity index is 1180. The van der Waals surface area contributed by atoms with Gasteiger partial charge >= 0.3 is 0 Å². The molecule has 0 atom stereocenters. The van der Waals surface area contributed by atoms with Gasteiger partial charge in [-0.1, -0.05) is 47.5 Å². The van der Waals surface area contributed by atoms with E-state index in [0.29, 0.717) is 28.4 Å². The molecule has 0 saturated heterocycles. The van der Waals surface area contributed by atoms with E-state index in [-0.39, 0.29) is 10.8 Å². The Morgan fingerprint density at radius 3 is 2.34 bits per heavy atom. The molecule has 0 aliphatic rings. The standard InChI is InChI=1S/C24H25ClN2O3S2/c1-17-3-11-22(12-4-17)27-32(29,30)23-15-20(8-5-18(23)2)24(28)26-13-14-31-16-19-6-9-21(25)10-7-19/h3-12,15,27H,13-14,16H2,1-2H3,(H,26,28). The maximum absolute atomic E-state index is 12.9. The number of anilines is 1. The molecule has 3 aromatic rings. The molecule has 0 fully saturated rings. The van der Waals surface area contributed by atoms with Crippen LogP contribution in [0.25, 0.3) is 0 Å². The quantitative estimate of drug-likeness (QED) is 0.394. The SMILES string of the molecule is Cc1ccc(NS(=O)(=O)c2cc(C(=O)NCCSCc3ccc(Cl)cc3)ccc2C)cc1. The molecule has 0 aliphatic heterocycles. The summed E-state index contributed by atoms with van der Waals surface area (Å²) in [6.45, 7) is 4.12. The summed E-state index contributed by atoms with van der Waals surface area (Å²) < 4.78 is 28.3. The highest BCUT2D eigenvalue weighted by molar-refractivity contribution is 7.98. The molecule has 0 bridgehead atoms. The lowest BCUT2D eigenvalue weighted by molar-refractivity contribution is 0.0956. The summed E-state index contributed by atoms with van der Waals surface area (Å²) in [7, 11) is -3.82. The lowest BCUT2D eigenvalue weighted by atomic mass is 10.1. The summed E-state index contributed by atoms with van der Waals surface area (Å²) >= 11 is 7.59. The molecule has 0 heterocycles. The van der Waals surface area contributed by atoms with Crippen LogP contribution in [0.2, 0.25) is 5.02 Å². The van der Waals surface area contributed by atoms with Gasteiger partial charge in [0.15, 0.2) is 0 Å². The van der Waals surface area contributed by atoms with Crippen LogP contribution in [0.5, 0.6) is 0 Å². The van der Waals surface area contributed by atoms with Gasteiger partial charge in [-0.2, -0.15) is 11.8 Å². The van der Waals surface area contributed by atoms with Crippen molar-refractivity contribution in [1.29, 1.82) is 0 Å². The number of thioether (sulfide) groups is 1. The Balaban J connectivity index is 1.58. The molecular formula is C24H25ClN2O3S2. The van der Waals surface area contributed by atoms with Crippen LogP contribution in [0.15, 0.2) is 71.6 Å². The number of carbonyl (C=O) groups excluding carboxylic acids is 1. The molecule has 0 aliphatic carbocycles. The van der Waals surface area contributed by atoms with Crippen LogP contribution in [-0.2, 0) is 15.8 Å². The van der Waals surface area contributed by atoms with Crippen molar-refractivity contribution in [3.63, 3.8) is 0 Å². The zero-order valence-electron chi connectivity index (χ0n) is 17.9. The van der Waals surface area contributed by atoms with Crippen molar-refractivity contribution < 1.29 is 13.2 Å². The number of sulfonamides is 1. The fourth-order valence-corrected chi connectivity index (χ4v) is 5.25. The molecule has 3 rings (SSSR count). The summed E-state index contributed by atoms with van der Waals surface area (Å²) in [6, 6.07) is 19.5. The lowest BCUT2D eigenvalue weighted by Crippen LogP contribution is -2.26. The molecular weight excluding hydrogens is 464 g/mol. The summed E-state index contributed by atoms with van der Waals surface area (Å²) in [5.41, 5.74) is 3.55. The molecule has 3 aromatic carbocycles. The van der Waals surface area contributed by atoms with Gasteiger partial charge in [-0.25, -0.2) is 8.42 Å². The van der Waals surface area contributed by atoms with Crippen molar-refractivity contribution in [3.8, 4) is 0 Å². The third kappa shape index (κ3) is 6.76. The molecule has 0 spiro atoms. The highest BCUT2D eigenvalue weighted by atomic mass is 35.5. The van der Waals surface area contributed by atoms with Crippen molar-refractivity contribution in [3.05, 3.63) is 94.0 Å². The Hall–Kier alpha value is -2.48. The first kappa shape index (κ1) is 24.2. The van der Waals surface area contributed by atoms with E-state index in [1.807, 2.05) is 43.3 Å². The van der Waals surface area contributed by atoms with Crippen LogP contribution in [0, 0.1) is 13.8 Å². The zero-order valence-corrected chi connectivity index (χ0v) is 20.3. The molecule has 5 nitrogen and oxygen atoms in total. The van der Waals surface area contributed by atoms with Crippen LogP contribution in [0.4, 0.5) is 5.69 Å². The minimum atomic E-state index is -3.82. The summed E-state index contributed by atoms with van der Waals surface area (Å²) in [5, 5.41) is 3.56. The Kier molecular flexibility index (Phi) is 8.23. The Morgan fingerprint density at radius 2 is 1.66 bits per heavy atom. The molecule has 0 aromatic heterocycles. The second-order valence-corrected chi connectivity index (χ2v) is 10.6. The van der Waals surface area contributed by atoms with E-state index in [1.54, 1.807) is 43.0 Å². The van der Waals surface area contributed by atoms with Crippen molar-refractivity contribution in [2.24, 2.45) is 0 Å². The van der Waals surface area contributed by atoms with Gasteiger partial charge < -0.3 is 5.32 Å². The van der Waals surface area contributed by atoms with Crippen molar-refractivity contribution in [2.45, 2.75) is 24.5 Å². The minimum Gasteiger partial charge on any atom is -0.351 e. The van der Waals surface area contributed by atoms with E-state index in [9.17, 15) is 13.2 Å². The van der Waals surface area contributed by atoms with E-state index in [4.69, 9.17) is 11.6 Å². The van der Waals surface area contributed by atoms with Crippen molar-refractivity contribution in [2.75, 3.05) is 17.0 Å². The van der Waals surface area contributed by atoms with E-state index < -0.39 is 10.0 Å². The normalized spacial score (nSPS) is 11.2. The first-order valence-corrected chi connectivity index (χ1v) is 13.1. The van der Waals surface area contributed by atoms with E-state index in [2.05, 4.69) is 10.0 Å². The molecule has 0 saturated carbocycles. The predicted molar refractivity (Wildman–Crippen MR) is 133 cm³/mol. The summed E-state index contributed by atoms with van der Waals surface area (Å²) in [4.78, 5) is 12.6. The van der Waals surface area contributed by atoms with Crippen LogP contribution in [0.3, 0.4) is 0 Å². The number of amides is 1. The lowest BCUT2D eigenvalue weighted by Gasteiger charge is -2.12. The predicted octanol–water partition coefficient (Wildman–Crippen LogP) is 5.42. The van der Waals surface area contributed by atoms with Gasteiger partial charge in [-0.3, -0.25) is 9.52 Å². The van der Waals surface area contributed by atoms with E-state index in [1.165, 1.54) is 11.6 Å². The fourth-order valence-electron chi connectivity index (χ4n) is 2.97. The van der Waals surface area contributed by atoms with Crippen LogP contribution >= 0.6 is 23.4 Å². The number of hydrogen-bond donors (Lipinski definition) is 2. The maximum Gasteiger partial charge on any atom is 0.262 e. The molecule has 32 heavy (non-hydrogen) atoms. The average Bonchev–Trinajstić information content (AvgIpc) is 2.76. The van der Waals surface area contributed by atoms with Gasteiger partial charge in [0.1, 0.15) is 0 Å². The van der Waals surface area contributed by atoms with Crippen LogP contribution in [0.1, 0.15) is 27.0 Å². The topological polar surface area (TPSA) is 75.3 Å². The number of halogens is 1. The van der Waals surface area contributed by atoms with Crippen LogP contribution < -0.4 is 10.0 Å². The monoisotopic (exact) mass is 488 g/mol. The van der Waals surface area contributed by atoms with Crippen molar-refractivity contribution >= 4 is 45.0 Å². The highest BCUT2D eigenvalue weighted by Crippen LogP contribution is 2.21. The van der Waals surface area contributed by atoms with Gasteiger partial charge in [-0.05, 0) is 61.4 Å². The van der Waals surface area contributed by atoms with Gasteiger partial charge in [0.25, 0.3) is 15.9 Å². The van der Waals surface area contributed by atoms with Crippen molar-refractivity contribution in [1.82, 2.24) is 5.32 Å². The van der Waals surface area contributed by atoms with Gasteiger partial charge in [0.05, 0.1) is 4.90 Å². The van der Waals surface area contributed by atoms with Gasteiger partial charge in [-0.15, -0.1) is 0 Å². The molecule has 0 radical (unpaired) electrons. The molecule has 8 heteroatoms. The number of aryl methyl sites for hydroxylation is 2. The van der Waals surface area contributed by atoms with E-state index >= 15 is 0 Å².